The summed E-state index contributed by atoms with van der Waals surface area (Å²) in [4.78, 5) is 23.6. The van der Waals surface area contributed by atoms with Gasteiger partial charge in [-0.25, -0.2) is 0 Å². The van der Waals surface area contributed by atoms with Gasteiger partial charge in [-0.2, -0.15) is 0 Å². The Kier molecular flexibility index (Phi) is 6.68. The van der Waals surface area contributed by atoms with Gasteiger partial charge in [0.2, 0.25) is 5.91 Å². The highest BCUT2D eigenvalue weighted by Gasteiger charge is 2.14. The van der Waals surface area contributed by atoms with Crippen molar-refractivity contribution >= 4 is 40.5 Å². The average molecular weight is 371 g/mol. The van der Waals surface area contributed by atoms with Crippen LogP contribution in [0.4, 0.5) is 11.4 Å². The molecule has 0 unspecified atom stereocenters. The summed E-state index contributed by atoms with van der Waals surface area (Å²) >= 11 is 5.20. The van der Waals surface area contributed by atoms with Crippen LogP contribution in [0.2, 0.25) is 0 Å². The smallest absolute Gasteiger partial charge is 0.261 e. The lowest BCUT2D eigenvalue weighted by Gasteiger charge is -2.15. The van der Waals surface area contributed by atoms with E-state index in [-0.39, 0.29) is 23.0 Å². The maximum Gasteiger partial charge on any atom is 0.261 e. The summed E-state index contributed by atoms with van der Waals surface area (Å²) in [6.45, 7) is 5.22. The molecule has 0 aromatic heterocycles. The van der Waals surface area contributed by atoms with Gasteiger partial charge < -0.3 is 15.4 Å². The molecule has 0 aliphatic carbocycles. The molecular formula is C19H21N3O3S. The fourth-order valence-electron chi connectivity index (χ4n) is 2.22. The van der Waals surface area contributed by atoms with E-state index in [0.717, 1.165) is 0 Å². The lowest BCUT2D eigenvalue weighted by Crippen LogP contribution is -2.34. The van der Waals surface area contributed by atoms with E-state index in [1.165, 1.54) is 6.92 Å². The van der Waals surface area contributed by atoms with Crippen molar-refractivity contribution in [1.82, 2.24) is 5.32 Å². The Balaban J connectivity index is 2.04. The maximum absolute atomic E-state index is 12.5. The molecule has 0 fully saturated rings. The van der Waals surface area contributed by atoms with Gasteiger partial charge in [0.15, 0.2) is 5.11 Å². The van der Waals surface area contributed by atoms with Crippen molar-refractivity contribution in [2.45, 2.75) is 26.9 Å². The first kappa shape index (κ1) is 19.4. The van der Waals surface area contributed by atoms with Gasteiger partial charge in [-0.15, -0.1) is 0 Å². The summed E-state index contributed by atoms with van der Waals surface area (Å²) in [5.41, 5.74) is 1.68. The van der Waals surface area contributed by atoms with E-state index in [1.807, 2.05) is 13.8 Å². The second kappa shape index (κ2) is 8.96. The number of anilines is 2. The molecule has 6 nitrogen and oxygen atoms in total. The topological polar surface area (TPSA) is 79.5 Å². The van der Waals surface area contributed by atoms with Crippen molar-refractivity contribution < 1.29 is 14.3 Å². The molecule has 2 aromatic rings. The van der Waals surface area contributed by atoms with Crippen molar-refractivity contribution in [2.24, 2.45) is 0 Å². The second-order valence-electron chi connectivity index (χ2n) is 5.83. The summed E-state index contributed by atoms with van der Waals surface area (Å²) in [6, 6.07) is 14.0. The predicted molar refractivity (Wildman–Crippen MR) is 107 cm³/mol. The number of ether oxygens (including phenoxy) is 1. The minimum Gasteiger partial charge on any atom is -0.490 e. The normalized spacial score (nSPS) is 10.2. The second-order valence-corrected chi connectivity index (χ2v) is 6.24. The first-order valence-corrected chi connectivity index (χ1v) is 8.51. The first-order chi connectivity index (χ1) is 12.3. The van der Waals surface area contributed by atoms with E-state index in [4.69, 9.17) is 17.0 Å². The average Bonchev–Trinajstić information content (AvgIpc) is 2.54. The fraction of sp³-hybridized carbons (Fsp3) is 0.211. The van der Waals surface area contributed by atoms with Crippen LogP contribution in [0.15, 0.2) is 48.5 Å². The molecule has 3 N–H and O–H groups in total. The zero-order valence-electron chi connectivity index (χ0n) is 14.8. The van der Waals surface area contributed by atoms with Gasteiger partial charge in [0, 0.05) is 18.3 Å². The van der Waals surface area contributed by atoms with Crippen LogP contribution in [-0.2, 0) is 4.79 Å². The summed E-state index contributed by atoms with van der Waals surface area (Å²) in [5.74, 6) is -0.0352. The first-order valence-electron chi connectivity index (χ1n) is 8.11. The van der Waals surface area contributed by atoms with Crippen molar-refractivity contribution in [3.63, 3.8) is 0 Å². The van der Waals surface area contributed by atoms with Crippen LogP contribution in [0.3, 0.4) is 0 Å². The third-order valence-electron chi connectivity index (χ3n) is 3.16. The lowest BCUT2D eigenvalue weighted by atomic mass is 10.2. The third kappa shape index (κ3) is 5.86. The van der Waals surface area contributed by atoms with E-state index in [1.54, 1.807) is 48.5 Å². The van der Waals surface area contributed by atoms with Crippen molar-refractivity contribution in [3.8, 4) is 5.75 Å². The number of carbonyl (C=O) groups is 2. The quantitative estimate of drug-likeness (QED) is 0.701. The molecule has 2 rings (SSSR count). The molecule has 7 heteroatoms. The standard InChI is InChI=1S/C19H21N3O3S/c1-12(2)25-17-10-5-4-9-16(17)18(24)22-19(26)21-15-8-6-7-14(11-15)20-13(3)23/h4-12H,1-3H3,(H,20,23)(H2,21,22,24,26). The van der Waals surface area contributed by atoms with Crippen LogP contribution >= 0.6 is 12.2 Å². The Hall–Kier alpha value is -2.93. The number of para-hydroxylation sites is 1. The van der Waals surface area contributed by atoms with E-state index in [0.29, 0.717) is 22.7 Å². The minimum absolute atomic E-state index is 0.0504. The molecular weight excluding hydrogens is 350 g/mol. The number of hydrogen-bond acceptors (Lipinski definition) is 4. The van der Waals surface area contributed by atoms with Gasteiger partial charge >= 0.3 is 0 Å². The van der Waals surface area contributed by atoms with E-state index in [2.05, 4.69) is 16.0 Å². The molecule has 136 valence electrons. The van der Waals surface area contributed by atoms with Crippen molar-refractivity contribution in [3.05, 3.63) is 54.1 Å². The Labute approximate surface area is 157 Å². The molecule has 0 aliphatic heterocycles. The van der Waals surface area contributed by atoms with Crippen LogP contribution in [0, 0.1) is 0 Å². The Bertz CT molecular complexity index is 821. The molecule has 0 radical (unpaired) electrons. The Morgan fingerprint density at radius 2 is 1.65 bits per heavy atom. The predicted octanol–water partition coefficient (Wildman–Crippen LogP) is 3.56. The fourth-order valence-corrected chi connectivity index (χ4v) is 2.43. The van der Waals surface area contributed by atoms with Crippen LogP contribution in [0.1, 0.15) is 31.1 Å². The number of hydrogen-bond donors (Lipinski definition) is 3. The highest BCUT2D eigenvalue weighted by Crippen LogP contribution is 2.19. The number of amides is 2. The molecule has 2 aromatic carbocycles. The van der Waals surface area contributed by atoms with E-state index >= 15 is 0 Å². The minimum atomic E-state index is -0.364. The summed E-state index contributed by atoms with van der Waals surface area (Å²) in [5, 5.41) is 8.39. The lowest BCUT2D eigenvalue weighted by molar-refractivity contribution is -0.114. The molecule has 0 heterocycles. The summed E-state index contributed by atoms with van der Waals surface area (Å²) in [6.07, 6.45) is -0.0504. The van der Waals surface area contributed by atoms with Gasteiger partial charge in [-0.1, -0.05) is 18.2 Å². The molecule has 0 spiro atoms. The van der Waals surface area contributed by atoms with Crippen LogP contribution in [0.25, 0.3) is 0 Å². The van der Waals surface area contributed by atoms with Gasteiger partial charge in [-0.05, 0) is 56.4 Å². The zero-order valence-corrected chi connectivity index (χ0v) is 15.6. The van der Waals surface area contributed by atoms with Crippen LogP contribution in [0.5, 0.6) is 5.75 Å². The Morgan fingerprint density at radius 1 is 1.00 bits per heavy atom. The molecule has 0 aliphatic rings. The highest BCUT2D eigenvalue weighted by atomic mass is 32.1. The van der Waals surface area contributed by atoms with Crippen molar-refractivity contribution in [1.29, 1.82) is 0 Å². The number of benzene rings is 2. The summed E-state index contributed by atoms with van der Waals surface area (Å²) in [7, 11) is 0. The Morgan fingerprint density at radius 3 is 2.31 bits per heavy atom. The molecule has 0 saturated carbocycles. The van der Waals surface area contributed by atoms with Crippen molar-refractivity contribution in [2.75, 3.05) is 10.6 Å². The van der Waals surface area contributed by atoms with Gasteiger partial charge in [-0.3, -0.25) is 14.9 Å². The van der Waals surface area contributed by atoms with E-state index < -0.39 is 0 Å². The molecule has 26 heavy (non-hydrogen) atoms. The molecule has 2 amide bonds. The van der Waals surface area contributed by atoms with Gasteiger partial charge in [0.25, 0.3) is 5.91 Å². The largest absolute Gasteiger partial charge is 0.490 e. The van der Waals surface area contributed by atoms with Crippen LogP contribution < -0.4 is 20.7 Å². The number of rotatable bonds is 5. The number of thiocarbonyl (C=S) groups is 1. The zero-order chi connectivity index (χ0) is 19.1. The maximum atomic E-state index is 12.5. The summed E-state index contributed by atoms with van der Waals surface area (Å²) < 4.78 is 5.65. The van der Waals surface area contributed by atoms with Gasteiger partial charge in [0.1, 0.15) is 5.75 Å². The van der Waals surface area contributed by atoms with Gasteiger partial charge in [0.05, 0.1) is 11.7 Å². The monoisotopic (exact) mass is 371 g/mol. The van der Waals surface area contributed by atoms with E-state index in [9.17, 15) is 9.59 Å². The highest BCUT2D eigenvalue weighted by molar-refractivity contribution is 7.80. The molecule has 0 atom stereocenters. The molecule has 0 saturated heterocycles. The van der Waals surface area contributed by atoms with Crippen LogP contribution in [-0.4, -0.2) is 23.0 Å². The molecule has 0 bridgehead atoms. The number of nitrogens with one attached hydrogen (secondary N) is 3. The third-order valence-corrected chi connectivity index (χ3v) is 3.37. The number of carbonyl (C=O) groups excluding carboxylic acids is 2. The SMILES string of the molecule is CC(=O)Nc1cccc(NC(=S)NC(=O)c2ccccc2OC(C)C)c1.